The summed E-state index contributed by atoms with van der Waals surface area (Å²) in [7, 11) is -3.64. The van der Waals surface area contributed by atoms with Crippen LogP contribution in [-0.4, -0.2) is 31.3 Å². The summed E-state index contributed by atoms with van der Waals surface area (Å²) in [5.74, 6) is -0.828. The van der Waals surface area contributed by atoms with Gasteiger partial charge in [-0.3, -0.25) is 10.0 Å². The van der Waals surface area contributed by atoms with Crippen molar-refractivity contribution in [3.63, 3.8) is 0 Å². The second-order valence-corrected chi connectivity index (χ2v) is 6.63. The molecule has 0 aliphatic heterocycles. The van der Waals surface area contributed by atoms with E-state index in [0.717, 1.165) is 17.4 Å². The molecule has 1 aliphatic carbocycles. The van der Waals surface area contributed by atoms with Gasteiger partial charge in [0.25, 0.3) is 5.91 Å². The van der Waals surface area contributed by atoms with Gasteiger partial charge in [0.05, 0.1) is 6.26 Å². The maximum Gasteiger partial charge on any atom is 0.268 e. The number of hydrogen-bond donors (Lipinski definition) is 3. The van der Waals surface area contributed by atoms with Gasteiger partial charge >= 0.3 is 0 Å². The number of amides is 1. The lowest BCUT2D eigenvalue weighted by molar-refractivity contribution is -0.133. The molecule has 0 saturated carbocycles. The van der Waals surface area contributed by atoms with E-state index in [9.17, 15) is 13.2 Å². The molecule has 0 bridgehead atoms. The average Bonchev–Trinajstić information content (AvgIpc) is 2.45. The maximum atomic E-state index is 12.0. The summed E-state index contributed by atoms with van der Waals surface area (Å²) in [4.78, 5) is 12.0. The molecule has 1 aliphatic rings. The fraction of sp³-hybridized carbons (Fsp3) is 0.214. The van der Waals surface area contributed by atoms with Crippen molar-refractivity contribution in [2.45, 2.75) is 12.0 Å². The predicted molar refractivity (Wildman–Crippen MR) is 78.8 cm³/mol. The Kier molecular flexibility index (Phi) is 4.26. The van der Waals surface area contributed by atoms with Gasteiger partial charge in [-0.1, -0.05) is 48.6 Å². The fourth-order valence-electron chi connectivity index (χ4n) is 2.30. The summed E-state index contributed by atoms with van der Waals surface area (Å²) in [5, 5.41) is 8.92. The molecule has 112 valence electrons. The van der Waals surface area contributed by atoms with E-state index in [1.165, 1.54) is 11.6 Å². The first-order valence-electron chi connectivity index (χ1n) is 6.24. The van der Waals surface area contributed by atoms with Crippen LogP contribution in [0.3, 0.4) is 0 Å². The van der Waals surface area contributed by atoms with E-state index in [-0.39, 0.29) is 6.42 Å². The van der Waals surface area contributed by atoms with Gasteiger partial charge in [-0.15, -0.1) is 0 Å². The van der Waals surface area contributed by atoms with E-state index in [4.69, 9.17) is 5.21 Å². The van der Waals surface area contributed by atoms with Crippen LogP contribution in [0.1, 0.15) is 12.0 Å². The quantitative estimate of drug-likeness (QED) is 0.567. The largest absolute Gasteiger partial charge is 0.289 e. The van der Waals surface area contributed by atoms with Crippen molar-refractivity contribution in [1.29, 1.82) is 0 Å². The highest BCUT2D eigenvalue weighted by atomic mass is 32.2. The molecule has 0 heterocycles. The molecule has 6 nitrogen and oxygen atoms in total. The predicted octanol–water partition coefficient (Wildman–Crippen LogP) is 0.823. The van der Waals surface area contributed by atoms with Gasteiger partial charge < -0.3 is 0 Å². The van der Waals surface area contributed by atoms with Crippen LogP contribution in [0.15, 0.2) is 48.6 Å². The molecule has 1 amide bonds. The van der Waals surface area contributed by atoms with Crippen molar-refractivity contribution in [3.8, 4) is 0 Å². The normalized spacial score (nSPS) is 21.7. The first-order valence-corrected chi connectivity index (χ1v) is 8.13. The SMILES string of the molecule is CS(=O)(=O)NC1(C(=O)NO)C=CC=C(c2ccccc2)C1. The summed E-state index contributed by atoms with van der Waals surface area (Å²) in [5.41, 5.74) is 1.66. The molecule has 0 aromatic heterocycles. The highest BCUT2D eigenvalue weighted by molar-refractivity contribution is 7.88. The van der Waals surface area contributed by atoms with Crippen molar-refractivity contribution >= 4 is 21.5 Å². The van der Waals surface area contributed by atoms with E-state index in [1.807, 2.05) is 36.4 Å². The summed E-state index contributed by atoms with van der Waals surface area (Å²) in [6.07, 6.45) is 5.90. The minimum atomic E-state index is -3.64. The Morgan fingerprint density at radius 1 is 1.29 bits per heavy atom. The van der Waals surface area contributed by atoms with E-state index in [1.54, 1.807) is 6.08 Å². The lowest BCUT2D eigenvalue weighted by atomic mass is 9.84. The number of rotatable bonds is 4. The van der Waals surface area contributed by atoms with Gasteiger partial charge in [0.15, 0.2) is 0 Å². The second-order valence-electron chi connectivity index (χ2n) is 4.88. The van der Waals surface area contributed by atoms with Crippen molar-refractivity contribution < 1.29 is 18.4 Å². The number of carbonyl (C=O) groups is 1. The minimum Gasteiger partial charge on any atom is -0.289 e. The number of nitrogens with one attached hydrogen (secondary N) is 2. The molecule has 7 heteroatoms. The van der Waals surface area contributed by atoms with Crippen LogP contribution in [0.25, 0.3) is 5.57 Å². The molecule has 21 heavy (non-hydrogen) atoms. The Morgan fingerprint density at radius 3 is 2.52 bits per heavy atom. The van der Waals surface area contributed by atoms with Crippen molar-refractivity contribution in [2.75, 3.05) is 6.26 Å². The molecule has 1 unspecified atom stereocenters. The van der Waals surface area contributed by atoms with Gasteiger partial charge in [0.1, 0.15) is 5.54 Å². The van der Waals surface area contributed by atoms with Gasteiger partial charge in [-0.2, -0.15) is 4.72 Å². The zero-order chi connectivity index (χ0) is 15.5. The van der Waals surface area contributed by atoms with Crippen LogP contribution < -0.4 is 10.2 Å². The van der Waals surface area contributed by atoms with Gasteiger partial charge in [0.2, 0.25) is 10.0 Å². The van der Waals surface area contributed by atoms with Crippen molar-refractivity contribution in [2.24, 2.45) is 0 Å². The Hall–Kier alpha value is -1.96. The molecule has 1 atom stereocenters. The minimum absolute atomic E-state index is 0.104. The summed E-state index contributed by atoms with van der Waals surface area (Å²) in [6, 6.07) is 9.31. The molecule has 1 aromatic carbocycles. The summed E-state index contributed by atoms with van der Waals surface area (Å²) >= 11 is 0. The summed E-state index contributed by atoms with van der Waals surface area (Å²) in [6.45, 7) is 0. The Labute approximate surface area is 123 Å². The molecule has 1 aromatic rings. The number of benzene rings is 1. The third-order valence-electron chi connectivity index (χ3n) is 3.17. The zero-order valence-electron chi connectivity index (χ0n) is 11.4. The van der Waals surface area contributed by atoms with Crippen LogP contribution in [0.4, 0.5) is 0 Å². The lowest BCUT2D eigenvalue weighted by Crippen LogP contribution is -2.57. The number of hydroxylamine groups is 1. The smallest absolute Gasteiger partial charge is 0.268 e. The number of hydrogen-bond acceptors (Lipinski definition) is 4. The Balaban J connectivity index is 2.40. The Morgan fingerprint density at radius 2 is 1.95 bits per heavy atom. The molecule has 0 fully saturated rings. The van der Waals surface area contributed by atoms with Gasteiger partial charge in [-0.25, -0.2) is 13.9 Å². The standard InChI is InChI=1S/C14H16N2O4S/c1-21(19,20)16-14(13(17)15-18)9-5-8-12(10-14)11-6-3-2-4-7-11/h2-9,16,18H,10H2,1H3,(H,15,17). The molecular weight excluding hydrogens is 292 g/mol. The third-order valence-corrected chi connectivity index (χ3v) is 3.90. The first kappa shape index (κ1) is 15.4. The van der Waals surface area contributed by atoms with Crippen molar-refractivity contribution in [1.82, 2.24) is 10.2 Å². The maximum absolute atomic E-state index is 12.0. The monoisotopic (exact) mass is 308 g/mol. The highest BCUT2D eigenvalue weighted by Gasteiger charge is 2.40. The number of allylic oxidation sites excluding steroid dienone is 2. The fourth-order valence-corrected chi connectivity index (χ4v) is 3.19. The lowest BCUT2D eigenvalue weighted by Gasteiger charge is -2.31. The summed E-state index contributed by atoms with van der Waals surface area (Å²) < 4.78 is 25.4. The van der Waals surface area contributed by atoms with E-state index >= 15 is 0 Å². The van der Waals surface area contributed by atoms with Crippen LogP contribution in [-0.2, 0) is 14.8 Å². The Bertz CT molecular complexity index is 695. The number of carbonyl (C=O) groups excluding carboxylic acids is 1. The first-order chi connectivity index (χ1) is 9.86. The van der Waals surface area contributed by atoms with Crippen LogP contribution in [0.5, 0.6) is 0 Å². The molecular formula is C14H16N2O4S. The van der Waals surface area contributed by atoms with Crippen LogP contribution in [0, 0.1) is 0 Å². The second kappa shape index (κ2) is 5.80. The number of sulfonamides is 1. The van der Waals surface area contributed by atoms with Gasteiger partial charge in [-0.05, 0) is 11.1 Å². The highest BCUT2D eigenvalue weighted by Crippen LogP contribution is 2.30. The molecule has 2 rings (SSSR count). The zero-order valence-corrected chi connectivity index (χ0v) is 12.2. The molecule has 0 radical (unpaired) electrons. The van der Waals surface area contributed by atoms with E-state index in [2.05, 4.69) is 4.72 Å². The average molecular weight is 308 g/mol. The van der Waals surface area contributed by atoms with Gasteiger partial charge in [0, 0.05) is 6.42 Å². The molecule has 3 N–H and O–H groups in total. The molecule has 0 spiro atoms. The topological polar surface area (TPSA) is 95.5 Å². The van der Waals surface area contributed by atoms with Crippen molar-refractivity contribution in [3.05, 3.63) is 54.1 Å². The van der Waals surface area contributed by atoms with Crippen LogP contribution in [0.2, 0.25) is 0 Å². The molecule has 0 saturated heterocycles. The van der Waals surface area contributed by atoms with Crippen LogP contribution >= 0.6 is 0 Å². The third kappa shape index (κ3) is 3.57. The van der Waals surface area contributed by atoms with E-state index < -0.39 is 21.5 Å². The van der Waals surface area contributed by atoms with E-state index in [0.29, 0.717) is 0 Å².